The Balaban J connectivity index is 2.22. The number of piperazine rings is 1. The van der Waals surface area contributed by atoms with Gasteiger partial charge in [0.25, 0.3) is 0 Å². The van der Waals surface area contributed by atoms with Crippen LogP contribution in [0.5, 0.6) is 0 Å². The van der Waals surface area contributed by atoms with E-state index in [-0.39, 0.29) is 11.8 Å². The Morgan fingerprint density at radius 2 is 1.78 bits per heavy atom. The molecule has 0 radical (unpaired) electrons. The topological polar surface area (TPSA) is 66.6 Å². The molecule has 0 aromatic rings. The Kier molecular flexibility index (Phi) is 3.13. The van der Waals surface area contributed by atoms with Crippen molar-refractivity contribution in [3.8, 4) is 0 Å². The summed E-state index contributed by atoms with van der Waals surface area (Å²) in [4.78, 5) is 28.2. The van der Waals surface area contributed by atoms with Crippen molar-refractivity contribution in [2.24, 2.45) is 5.73 Å². The number of amides is 2. The summed E-state index contributed by atoms with van der Waals surface area (Å²) in [6.45, 7) is 4.78. The van der Waals surface area contributed by atoms with Gasteiger partial charge in [-0.25, -0.2) is 0 Å². The van der Waals surface area contributed by atoms with Crippen LogP contribution < -0.4 is 5.73 Å². The van der Waals surface area contributed by atoms with Crippen LogP contribution in [0.3, 0.4) is 0 Å². The first-order chi connectivity index (χ1) is 8.29. The van der Waals surface area contributed by atoms with Crippen LogP contribution in [0, 0.1) is 0 Å². The molecule has 2 amide bonds. The Hall–Kier alpha value is -1.10. The fraction of sp³-hybridized carbons (Fsp3) is 0.846. The lowest BCUT2D eigenvalue weighted by Crippen LogP contribution is -2.68. The Morgan fingerprint density at radius 1 is 1.22 bits per heavy atom. The number of nitrogens with zero attached hydrogens (tertiary/aromatic N) is 2. The third-order valence-electron chi connectivity index (χ3n) is 4.37. The summed E-state index contributed by atoms with van der Waals surface area (Å²) >= 11 is 0. The summed E-state index contributed by atoms with van der Waals surface area (Å²) in [7, 11) is 1.78. The second-order valence-corrected chi connectivity index (χ2v) is 6.11. The Morgan fingerprint density at radius 3 is 2.33 bits per heavy atom. The molecule has 5 nitrogen and oxygen atoms in total. The molecule has 0 aromatic heterocycles. The highest BCUT2D eigenvalue weighted by Crippen LogP contribution is 2.32. The van der Waals surface area contributed by atoms with Crippen molar-refractivity contribution in [1.82, 2.24) is 9.80 Å². The number of likely N-dealkylation sites (N-methyl/N-ethyl adjacent to an activating group) is 1. The minimum absolute atomic E-state index is 0.0105. The van der Waals surface area contributed by atoms with Crippen molar-refractivity contribution in [2.75, 3.05) is 20.1 Å². The third kappa shape index (κ3) is 1.90. The van der Waals surface area contributed by atoms with Gasteiger partial charge in [0, 0.05) is 20.1 Å². The van der Waals surface area contributed by atoms with Gasteiger partial charge in [-0.1, -0.05) is 12.8 Å². The SMILES string of the molecule is CN1CCN(C(=O)C2(N)CCCC2)C(C)(C)C1=O. The number of carbonyl (C=O) groups excluding carboxylic acids is 2. The fourth-order valence-electron chi connectivity index (χ4n) is 3.06. The average Bonchev–Trinajstić information content (AvgIpc) is 2.74. The summed E-state index contributed by atoms with van der Waals surface area (Å²) < 4.78 is 0. The first-order valence-corrected chi connectivity index (χ1v) is 6.65. The van der Waals surface area contributed by atoms with Crippen molar-refractivity contribution >= 4 is 11.8 Å². The van der Waals surface area contributed by atoms with Crippen LogP contribution in [0.2, 0.25) is 0 Å². The summed E-state index contributed by atoms with van der Waals surface area (Å²) in [6, 6.07) is 0. The van der Waals surface area contributed by atoms with E-state index in [0.717, 1.165) is 25.7 Å². The number of rotatable bonds is 1. The van der Waals surface area contributed by atoms with E-state index < -0.39 is 11.1 Å². The minimum atomic E-state index is -0.779. The molecule has 1 saturated heterocycles. The molecule has 0 aromatic carbocycles. The van der Waals surface area contributed by atoms with Gasteiger partial charge in [0.1, 0.15) is 5.54 Å². The van der Waals surface area contributed by atoms with E-state index >= 15 is 0 Å². The maximum atomic E-state index is 12.6. The highest BCUT2D eigenvalue weighted by atomic mass is 16.2. The standard InChI is InChI=1S/C13H23N3O2/c1-12(2)10(17)15(3)8-9-16(12)11(18)13(14)6-4-5-7-13/h4-9,14H2,1-3H3. The number of hydrogen-bond donors (Lipinski definition) is 1. The van der Waals surface area contributed by atoms with Gasteiger partial charge < -0.3 is 15.5 Å². The van der Waals surface area contributed by atoms with E-state index in [2.05, 4.69) is 0 Å². The molecule has 0 unspecified atom stereocenters. The second kappa shape index (κ2) is 4.23. The molecule has 18 heavy (non-hydrogen) atoms. The van der Waals surface area contributed by atoms with E-state index in [9.17, 15) is 9.59 Å². The van der Waals surface area contributed by atoms with Crippen molar-refractivity contribution in [2.45, 2.75) is 50.6 Å². The van der Waals surface area contributed by atoms with E-state index in [1.54, 1.807) is 30.7 Å². The zero-order chi connectivity index (χ0) is 13.6. The molecule has 5 heteroatoms. The average molecular weight is 253 g/mol. The predicted octanol–water partition coefficient (Wildman–Crippen LogP) is 0.337. The van der Waals surface area contributed by atoms with Crippen LogP contribution >= 0.6 is 0 Å². The Bertz CT molecular complexity index is 372. The minimum Gasteiger partial charge on any atom is -0.342 e. The normalized spacial score (nSPS) is 26.6. The lowest BCUT2D eigenvalue weighted by molar-refractivity contribution is -0.160. The molecule has 2 aliphatic rings. The summed E-state index contributed by atoms with van der Waals surface area (Å²) in [5.41, 5.74) is 4.70. The predicted molar refractivity (Wildman–Crippen MR) is 68.8 cm³/mol. The van der Waals surface area contributed by atoms with Crippen LogP contribution in [0.15, 0.2) is 0 Å². The lowest BCUT2D eigenvalue weighted by atomic mass is 9.91. The van der Waals surface area contributed by atoms with E-state index in [1.165, 1.54) is 0 Å². The molecule has 2 N–H and O–H groups in total. The molecule has 1 heterocycles. The van der Waals surface area contributed by atoms with Gasteiger partial charge in [-0.05, 0) is 26.7 Å². The monoisotopic (exact) mass is 253 g/mol. The first-order valence-electron chi connectivity index (χ1n) is 6.65. The molecule has 0 bridgehead atoms. The van der Waals surface area contributed by atoms with Crippen LogP contribution in [0.4, 0.5) is 0 Å². The third-order valence-corrected chi connectivity index (χ3v) is 4.37. The zero-order valence-corrected chi connectivity index (χ0v) is 11.5. The molecule has 1 aliphatic carbocycles. The second-order valence-electron chi connectivity index (χ2n) is 6.11. The summed E-state index contributed by atoms with van der Waals surface area (Å²) in [5, 5.41) is 0. The maximum absolute atomic E-state index is 12.6. The zero-order valence-electron chi connectivity index (χ0n) is 11.5. The molecular formula is C13H23N3O2. The fourth-order valence-corrected chi connectivity index (χ4v) is 3.06. The first kappa shape index (κ1) is 13.3. The van der Waals surface area contributed by atoms with Crippen LogP contribution in [0.1, 0.15) is 39.5 Å². The van der Waals surface area contributed by atoms with E-state index in [0.29, 0.717) is 13.1 Å². The van der Waals surface area contributed by atoms with Gasteiger partial charge in [-0.15, -0.1) is 0 Å². The van der Waals surface area contributed by atoms with Gasteiger partial charge in [0.05, 0.1) is 5.54 Å². The van der Waals surface area contributed by atoms with Crippen LogP contribution in [-0.4, -0.2) is 52.8 Å². The largest absolute Gasteiger partial charge is 0.342 e. The highest BCUT2D eigenvalue weighted by molar-refractivity contribution is 5.95. The molecule has 0 spiro atoms. The molecule has 1 aliphatic heterocycles. The smallest absolute Gasteiger partial charge is 0.247 e. The number of carbonyl (C=O) groups is 2. The lowest BCUT2D eigenvalue weighted by Gasteiger charge is -2.47. The van der Waals surface area contributed by atoms with Crippen molar-refractivity contribution < 1.29 is 9.59 Å². The molecule has 2 rings (SSSR count). The molecule has 1 saturated carbocycles. The van der Waals surface area contributed by atoms with Crippen molar-refractivity contribution in [3.05, 3.63) is 0 Å². The van der Waals surface area contributed by atoms with Gasteiger partial charge in [0.15, 0.2) is 0 Å². The number of hydrogen-bond acceptors (Lipinski definition) is 3. The Labute approximate surface area is 108 Å². The van der Waals surface area contributed by atoms with Gasteiger partial charge in [-0.3, -0.25) is 9.59 Å². The van der Waals surface area contributed by atoms with Gasteiger partial charge in [0.2, 0.25) is 11.8 Å². The molecule has 2 fully saturated rings. The van der Waals surface area contributed by atoms with E-state index in [1.807, 2.05) is 0 Å². The van der Waals surface area contributed by atoms with Crippen LogP contribution in [0.25, 0.3) is 0 Å². The van der Waals surface area contributed by atoms with Crippen molar-refractivity contribution in [3.63, 3.8) is 0 Å². The van der Waals surface area contributed by atoms with Crippen LogP contribution in [-0.2, 0) is 9.59 Å². The molecule has 0 atom stereocenters. The summed E-state index contributed by atoms with van der Waals surface area (Å²) in [5.74, 6) is -0.0600. The maximum Gasteiger partial charge on any atom is 0.247 e. The number of nitrogens with two attached hydrogens (primary N) is 1. The van der Waals surface area contributed by atoms with Gasteiger partial charge >= 0.3 is 0 Å². The molecule has 102 valence electrons. The van der Waals surface area contributed by atoms with E-state index in [4.69, 9.17) is 5.73 Å². The van der Waals surface area contributed by atoms with Crippen molar-refractivity contribution in [1.29, 1.82) is 0 Å². The molecular weight excluding hydrogens is 230 g/mol. The highest BCUT2D eigenvalue weighted by Gasteiger charge is 2.49. The summed E-state index contributed by atoms with van der Waals surface area (Å²) in [6.07, 6.45) is 3.49. The van der Waals surface area contributed by atoms with Gasteiger partial charge in [-0.2, -0.15) is 0 Å². The quantitative estimate of drug-likeness (QED) is 0.732.